The van der Waals surface area contributed by atoms with Gasteiger partial charge in [-0.3, -0.25) is 0 Å². The van der Waals surface area contributed by atoms with E-state index in [4.69, 9.17) is 0 Å². The third kappa shape index (κ3) is 1.81. The Morgan fingerprint density at radius 1 is 0.938 bits per heavy atom. The van der Waals surface area contributed by atoms with Gasteiger partial charge in [-0.25, -0.2) is 4.98 Å². The average Bonchev–Trinajstić information content (AvgIpc) is 2.23. The lowest BCUT2D eigenvalue weighted by atomic mass is 10.00. The van der Waals surface area contributed by atoms with Crippen molar-refractivity contribution >= 4 is 0 Å². The topological polar surface area (TPSA) is 38.7 Å². The van der Waals surface area contributed by atoms with Crippen molar-refractivity contribution in [1.29, 1.82) is 0 Å². The predicted molar refractivity (Wildman–Crippen MR) is 64.2 cm³/mol. The second-order valence-corrected chi connectivity index (χ2v) is 4.04. The third-order valence-electron chi connectivity index (χ3n) is 2.83. The smallest absolute Gasteiger partial charge is 0.148 e. The van der Waals surface area contributed by atoms with Gasteiger partial charge in [0.2, 0.25) is 0 Å². The second-order valence-electron chi connectivity index (χ2n) is 4.04. The summed E-state index contributed by atoms with van der Waals surface area (Å²) in [7, 11) is 0. The summed E-state index contributed by atoms with van der Waals surface area (Å²) in [6.07, 6.45) is 0. The highest BCUT2D eigenvalue weighted by Crippen LogP contribution is 2.24. The average molecular weight is 213 g/mol. The summed E-state index contributed by atoms with van der Waals surface area (Å²) >= 11 is 0. The molecule has 2 aromatic rings. The predicted octanol–water partition coefficient (Wildman–Crippen LogP) is 2.77. The van der Waals surface area contributed by atoms with Gasteiger partial charge in [-0.2, -0.15) is 0 Å². The number of rotatable bonds is 1. The van der Waals surface area contributed by atoms with Crippen molar-refractivity contribution in [2.24, 2.45) is 0 Å². The Balaban J connectivity index is 2.63. The van der Waals surface area contributed by atoms with Crippen LogP contribution in [0.25, 0.3) is 11.3 Å². The second kappa shape index (κ2) is 4.00. The molecule has 3 heteroatoms. The summed E-state index contributed by atoms with van der Waals surface area (Å²) in [5.41, 5.74) is 5.44. The van der Waals surface area contributed by atoms with Crippen LogP contribution in [0.2, 0.25) is 0 Å². The van der Waals surface area contributed by atoms with E-state index in [1.165, 1.54) is 11.1 Å². The van der Waals surface area contributed by atoms with Gasteiger partial charge < -0.3 is 0 Å². The van der Waals surface area contributed by atoms with Crippen LogP contribution in [0.1, 0.15) is 22.6 Å². The highest BCUT2D eigenvalue weighted by molar-refractivity contribution is 5.66. The van der Waals surface area contributed by atoms with Crippen LogP contribution in [-0.2, 0) is 0 Å². The van der Waals surface area contributed by atoms with Gasteiger partial charge >= 0.3 is 0 Å². The molecule has 0 aliphatic carbocycles. The van der Waals surface area contributed by atoms with Crippen LogP contribution < -0.4 is 0 Å². The maximum atomic E-state index is 4.35. The van der Waals surface area contributed by atoms with Crippen molar-refractivity contribution in [1.82, 2.24) is 15.2 Å². The van der Waals surface area contributed by atoms with Gasteiger partial charge in [0.15, 0.2) is 0 Å². The minimum absolute atomic E-state index is 0.714. The van der Waals surface area contributed by atoms with Crippen LogP contribution in [0.5, 0.6) is 0 Å². The van der Waals surface area contributed by atoms with Crippen LogP contribution >= 0.6 is 0 Å². The van der Waals surface area contributed by atoms with Crippen molar-refractivity contribution < 1.29 is 0 Å². The Bertz CT molecular complexity index is 533. The molecule has 0 aliphatic heterocycles. The fraction of sp³-hybridized carbons (Fsp3) is 0.308. The first kappa shape index (κ1) is 10.7. The molecule has 0 aliphatic rings. The Kier molecular flexibility index (Phi) is 2.69. The van der Waals surface area contributed by atoms with Crippen LogP contribution in [0.4, 0.5) is 0 Å². The van der Waals surface area contributed by atoms with E-state index < -0.39 is 0 Å². The van der Waals surface area contributed by atoms with Gasteiger partial charge in [0.25, 0.3) is 0 Å². The molecule has 0 radical (unpaired) electrons. The van der Waals surface area contributed by atoms with Crippen molar-refractivity contribution in [3.63, 3.8) is 0 Å². The SMILES string of the molecule is Cc1nnc(-c2cccc(C)c2C)c(C)n1. The first-order valence-electron chi connectivity index (χ1n) is 5.34. The van der Waals surface area contributed by atoms with Crippen molar-refractivity contribution in [2.45, 2.75) is 27.7 Å². The van der Waals surface area contributed by atoms with Crippen LogP contribution in [0, 0.1) is 27.7 Å². The van der Waals surface area contributed by atoms with E-state index in [0.29, 0.717) is 5.82 Å². The highest BCUT2D eigenvalue weighted by atomic mass is 15.2. The fourth-order valence-corrected chi connectivity index (χ4v) is 1.77. The summed E-state index contributed by atoms with van der Waals surface area (Å²) in [5, 5.41) is 8.26. The Labute approximate surface area is 95.6 Å². The first-order valence-corrected chi connectivity index (χ1v) is 5.34. The summed E-state index contributed by atoms with van der Waals surface area (Å²) in [6, 6.07) is 6.21. The van der Waals surface area contributed by atoms with E-state index in [0.717, 1.165) is 17.0 Å². The van der Waals surface area contributed by atoms with Gasteiger partial charge in [-0.1, -0.05) is 18.2 Å². The number of aryl methyl sites for hydroxylation is 3. The Hall–Kier alpha value is -1.77. The van der Waals surface area contributed by atoms with Gasteiger partial charge in [-0.05, 0) is 38.8 Å². The molecular weight excluding hydrogens is 198 g/mol. The molecule has 3 nitrogen and oxygen atoms in total. The molecule has 0 spiro atoms. The zero-order valence-electron chi connectivity index (χ0n) is 10.1. The van der Waals surface area contributed by atoms with Gasteiger partial charge in [0.1, 0.15) is 11.5 Å². The summed E-state index contributed by atoms with van der Waals surface area (Å²) in [5.74, 6) is 0.714. The summed E-state index contributed by atoms with van der Waals surface area (Å²) < 4.78 is 0. The van der Waals surface area contributed by atoms with E-state index in [1.54, 1.807) is 0 Å². The quantitative estimate of drug-likeness (QED) is 0.731. The number of hydrogen-bond acceptors (Lipinski definition) is 3. The maximum absolute atomic E-state index is 4.35. The zero-order valence-corrected chi connectivity index (χ0v) is 10.1. The molecular formula is C13H15N3. The largest absolute Gasteiger partial charge is 0.234 e. The molecule has 0 bridgehead atoms. The number of aromatic nitrogens is 3. The molecule has 1 heterocycles. The van der Waals surface area contributed by atoms with Crippen LogP contribution in [-0.4, -0.2) is 15.2 Å². The lowest BCUT2D eigenvalue weighted by Gasteiger charge is -2.09. The first-order chi connectivity index (χ1) is 7.59. The number of nitrogens with zero attached hydrogens (tertiary/aromatic N) is 3. The molecule has 0 saturated heterocycles. The van der Waals surface area contributed by atoms with E-state index >= 15 is 0 Å². The van der Waals surface area contributed by atoms with Gasteiger partial charge in [-0.15, -0.1) is 10.2 Å². The monoisotopic (exact) mass is 213 g/mol. The lowest BCUT2D eigenvalue weighted by Crippen LogP contribution is -2.00. The van der Waals surface area contributed by atoms with Crippen LogP contribution in [0.15, 0.2) is 18.2 Å². The molecule has 0 amide bonds. The molecule has 0 unspecified atom stereocenters. The fourth-order valence-electron chi connectivity index (χ4n) is 1.77. The van der Waals surface area contributed by atoms with Gasteiger partial charge in [0, 0.05) is 5.56 Å². The molecule has 16 heavy (non-hydrogen) atoms. The third-order valence-corrected chi connectivity index (χ3v) is 2.83. The van der Waals surface area contributed by atoms with Crippen LogP contribution in [0.3, 0.4) is 0 Å². The van der Waals surface area contributed by atoms with E-state index in [2.05, 4.69) is 41.2 Å². The normalized spacial score (nSPS) is 10.5. The summed E-state index contributed by atoms with van der Waals surface area (Å²) in [6.45, 7) is 8.03. The molecule has 0 N–H and O–H groups in total. The highest BCUT2D eigenvalue weighted by Gasteiger charge is 2.09. The molecule has 1 aromatic carbocycles. The van der Waals surface area contributed by atoms with Crippen molar-refractivity contribution in [3.05, 3.63) is 40.8 Å². The van der Waals surface area contributed by atoms with E-state index in [1.807, 2.05) is 19.9 Å². The molecule has 0 saturated carbocycles. The molecule has 0 atom stereocenters. The molecule has 0 fully saturated rings. The number of hydrogen-bond donors (Lipinski definition) is 0. The molecule has 2 rings (SSSR count). The Morgan fingerprint density at radius 3 is 2.38 bits per heavy atom. The minimum Gasteiger partial charge on any atom is -0.234 e. The number of benzene rings is 1. The van der Waals surface area contributed by atoms with Gasteiger partial charge in [0.05, 0.1) is 5.69 Å². The van der Waals surface area contributed by atoms with E-state index in [-0.39, 0.29) is 0 Å². The van der Waals surface area contributed by atoms with E-state index in [9.17, 15) is 0 Å². The minimum atomic E-state index is 0.714. The lowest BCUT2D eigenvalue weighted by molar-refractivity contribution is 0.888. The Morgan fingerprint density at radius 2 is 1.69 bits per heavy atom. The molecule has 82 valence electrons. The maximum Gasteiger partial charge on any atom is 0.148 e. The van der Waals surface area contributed by atoms with Crippen molar-refractivity contribution in [3.8, 4) is 11.3 Å². The van der Waals surface area contributed by atoms with Crippen molar-refractivity contribution in [2.75, 3.05) is 0 Å². The molecule has 1 aromatic heterocycles. The standard InChI is InChI=1S/C13H15N3/c1-8-6-5-7-12(9(8)2)13-10(3)14-11(4)15-16-13/h5-7H,1-4H3. The zero-order chi connectivity index (χ0) is 11.7. The summed E-state index contributed by atoms with van der Waals surface area (Å²) in [4.78, 5) is 4.35.